The molecule has 0 bridgehead atoms. The predicted octanol–water partition coefficient (Wildman–Crippen LogP) is 0.906. The van der Waals surface area contributed by atoms with Crippen LogP contribution in [0.1, 0.15) is 16.2 Å². The van der Waals surface area contributed by atoms with Gasteiger partial charge >= 0.3 is 0 Å². The molecule has 0 saturated carbocycles. The smallest absolute Gasteiger partial charge is 0.268 e. The van der Waals surface area contributed by atoms with Crippen LogP contribution in [0.5, 0.6) is 5.75 Å². The monoisotopic (exact) mass is 248 g/mol. The molecule has 6 nitrogen and oxygen atoms in total. The highest BCUT2D eigenvalue weighted by Crippen LogP contribution is 2.02. The van der Waals surface area contributed by atoms with Crippen LogP contribution in [0.2, 0.25) is 0 Å². The molecule has 2 heterocycles. The fraction of sp³-hybridized carbons (Fsp3) is 0.167. The van der Waals surface area contributed by atoms with Gasteiger partial charge in [0.15, 0.2) is 5.75 Å². The van der Waals surface area contributed by atoms with Crippen molar-refractivity contribution >= 4 is 5.91 Å². The molecule has 0 aromatic carbocycles. The third-order valence-corrected chi connectivity index (χ3v) is 2.34. The number of ether oxygens (including phenoxy) is 1. The zero-order valence-corrected chi connectivity index (χ0v) is 9.73. The zero-order chi connectivity index (χ0) is 13.0. The Kier molecular flexibility index (Phi) is 3.47. The summed E-state index contributed by atoms with van der Waals surface area (Å²) >= 11 is 0. The van der Waals surface area contributed by atoms with E-state index in [-0.39, 0.29) is 29.3 Å². The van der Waals surface area contributed by atoms with Crippen LogP contribution in [0, 0.1) is 0 Å². The minimum absolute atomic E-state index is 0.164. The highest BCUT2D eigenvalue weighted by Gasteiger charge is 2.09. The number of pyridine rings is 1. The van der Waals surface area contributed by atoms with Gasteiger partial charge in [-0.1, -0.05) is 0 Å². The third kappa shape index (κ3) is 2.60. The molecule has 2 rings (SSSR count). The summed E-state index contributed by atoms with van der Waals surface area (Å²) in [6.07, 6.45) is 2.88. The predicted molar refractivity (Wildman–Crippen MR) is 63.5 cm³/mol. The highest BCUT2D eigenvalue weighted by atomic mass is 16.5. The summed E-state index contributed by atoms with van der Waals surface area (Å²) in [7, 11) is 1.39. The molecule has 0 fully saturated rings. The van der Waals surface area contributed by atoms with Gasteiger partial charge in [0.25, 0.3) is 5.91 Å². The van der Waals surface area contributed by atoms with E-state index in [0.717, 1.165) is 0 Å². The lowest BCUT2D eigenvalue weighted by atomic mass is 10.3. The number of furan rings is 1. The van der Waals surface area contributed by atoms with E-state index in [0.29, 0.717) is 5.76 Å². The van der Waals surface area contributed by atoms with E-state index in [1.54, 1.807) is 12.1 Å². The molecule has 2 aromatic rings. The lowest BCUT2D eigenvalue weighted by Crippen LogP contribution is -2.25. The first-order chi connectivity index (χ1) is 8.70. The van der Waals surface area contributed by atoms with Crippen LogP contribution in [-0.2, 0) is 6.54 Å². The molecule has 1 amide bonds. The van der Waals surface area contributed by atoms with Gasteiger partial charge in [0.2, 0.25) is 5.43 Å². The van der Waals surface area contributed by atoms with Gasteiger partial charge in [-0.25, -0.2) is 0 Å². The fourth-order valence-electron chi connectivity index (χ4n) is 1.42. The van der Waals surface area contributed by atoms with E-state index >= 15 is 0 Å². The Morgan fingerprint density at radius 1 is 1.56 bits per heavy atom. The number of nitrogens with one attached hydrogen (secondary N) is 2. The Morgan fingerprint density at radius 3 is 3.00 bits per heavy atom. The summed E-state index contributed by atoms with van der Waals surface area (Å²) < 4.78 is 9.88. The number of aromatic nitrogens is 1. The van der Waals surface area contributed by atoms with E-state index in [4.69, 9.17) is 9.15 Å². The van der Waals surface area contributed by atoms with Crippen molar-refractivity contribution in [1.29, 1.82) is 0 Å². The van der Waals surface area contributed by atoms with E-state index < -0.39 is 0 Å². The molecule has 0 aliphatic carbocycles. The summed E-state index contributed by atoms with van der Waals surface area (Å²) in [6.45, 7) is 0.264. The number of aromatic amines is 1. The molecular formula is C12H12N2O4. The van der Waals surface area contributed by atoms with E-state index in [2.05, 4.69) is 10.3 Å². The quantitative estimate of drug-likeness (QED) is 0.842. The molecule has 0 saturated heterocycles. The molecule has 2 N–H and O–H groups in total. The second kappa shape index (κ2) is 5.22. The summed E-state index contributed by atoms with van der Waals surface area (Å²) in [6, 6.07) is 4.67. The van der Waals surface area contributed by atoms with Crippen molar-refractivity contribution in [2.45, 2.75) is 6.54 Å². The van der Waals surface area contributed by atoms with Crippen LogP contribution in [0.15, 0.2) is 39.9 Å². The second-order valence-electron chi connectivity index (χ2n) is 3.54. The molecule has 0 spiro atoms. The van der Waals surface area contributed by atoms with Crippen LogP contribution in [-0.4, -0.2) is 18.0 Å². The molecule has 0 unspecified atom stereocenters. The third-order valence-electron chi connectivity index (χ3n) is 2.34. The molecule has 0 aliphatic heterocycles. The molecule has 0 radical (unpaired) electrons. The molecule has 0 aliphatic rings. The van der Waals surface area contributed by atoms with Crippen molar-refractivity contribution in [3.63, 3.8) is 0 Å². The number of methoxy groups -OCH3 is 1. The largest absolute Gasteiger partial charge is 0.491 e. The van der Waals surface area contributed by atoms with Gasteiger partial charge in [-0.05, 0) is 12.1 Å². The van der Waals surface area contributed by atoms with Crippen LogP contribution >= 0.6 is 0 Å². The van der Waals surface area contributed by atoms with Crippen molar-refractivity contribution in [2.75, 3.05) is 7.11 Å². The summed E-state index contributed by atoms with van der Waals surface area (Å²) in [5.41, 5.74) is -0.174. The minimum Gasteiger partial charge on any atom is -0.491 e. The number of H-pyrrole nitrogens is 1. The molecule has 2 aromatic heterocycles. The number of carbonyl (C=O) groups excluding carboxylic acids is 1. The maximum Gasteiger partial charge on any atom is 0.268 e. The molecule has 0 atom stereocenters. The lowest BCUT2D eigenvalue weighted by Gasteiger charge is -2.04. The normalized spacial score (nSPS) is 10.1. The van der Waals surface area contributed by atoms with Crippen LogP contribution in [0.25, 0.3) is 0 Å². The van der Waals surface area contributed by atoms with Gasteiger partial charge in [0.05, 0.1) is 19.9 Å². The standard InChI is InChI=1S/C12H12N2O4/c1-17-11-7-13-9(5-10(11)15)12(16)14-6-8-3-2-4-18-8/h2-5,7H,6H2,1H3,(H,13,15)(H,14,16). The zero-order valence-electron chi connectivity index (χ0n) is 9.73. The van der Waals surface area contributed by atoms with Crippen LogP contribution < -0.4 is 15.5 Å². The van der Waals surface area contributed by atoms with Gasteiger partial charge in [-0.2, -0.15) is 0 Å². The Bertz CT molecular complexity index is 586. The van der Waals surface area contributed by atoms with Crippen molar-refractivity contribution in [3.8, 4) is 5.75 Å². The highest BCUT2D eigenvalue weighted by molar-refractivity contribution is 5.92. The Labute approximate surface area is 103 Å². The molecule has 18 heavy (non-hydrogen) atoms. The summed E-state index contributed by atoms with van der Waals surface area (Å²) in [5.74, 6) is 0.419. The molecular weight excluding hydrogens is 236 g/mol. The van der Waals surface area contributed by atoms with Crippen molar-refractivity contribution in [3.05, 3.63) is 52.3 Å². The van der Waals surface area contributed by atoms with Crippen molar-refractivity contribution in [1.82, 2.24) is 10.3 Å². The number of carbonyl (C=O) groups is 1. The first kappa shape index (κ1) is 12.0. The number of rotatable bonds is 4. The van der Waals surface area contributed by atoms with Crippen LogP contribution in [0.3, 0.4) is 0 Å². The van der Waals surface area contributed by atoms with E-state index in [9.17, 15) is 9.59 Å². The Balaban J connectivity index is 2.05. The lowest BCUT2D eigenvalue weighted by molar-refractivity contribution is 0.0943. The SMILES string of the molecule is COc1c[nH]c(C(=O)NCc2ccco2)cc1=O. The first-order valence-corrected chi connectivity index (χ1v) is 5.28. The second-order valence-corrected chi connectivity index (χ2v) is 3.54. The van der Waals surface area contributed by atoms with Crippen molar-refractivity contribution < 1.29 is 13.9 Å². The van der Waals surface area contributed by atoms with Gasteiger partial charge < -0.3 is 19.5 Å². The fourth-order valence-corrected chi connectivity index (χ4v) is 1.42. The van der Waals surface area contributed by atoms with Gasteiger partial charge in [0, 0.05) is 12.3 Å². The maximum atomic E-state index is 11.7. The summed E-state index contributed by atoms with van der Waals surface area (Å²) in [5, 5.41) is 2.62. The topological polar surface area (TPSA) is 84.3 Å². The number of hydrogen-bond acceptors (Lipinski definition) is 4. The number of hydrogen-bond donors (Lipinski definition) is 2. The van der Waals surface area contributed by atoms with Gasteiger partial charge in [-0.3, -0.25) is 9.59 Å². The van der Waals surface area contributed by atoms with Crippen LogP contribution in [0.4, 0.5) is 0 Å². The van der Waals surface area contributed by atoms with Gasteiger partial charge in [0.1, 0.15) is 11.5 Å². The Hall–Kier alpha value is -2.50. The molecule has 6 heteroatoms. The average molecular weight is 248 g/mol. The van der Waals surface area contributed by atoms with Crippen molar-refractivity contribution in [2.24, 2.45) is 0 Å². The average Bonchev–Trinajstić information content (AvgIpc) is 2.89. The number of amides is 1. The minimum atomic E-state index is -0.383. The Morgan fingerprint density at radius 2 is 2.39 bits per heavy atom. The molecule has 94 valence electrons. The first-order valence-electron chi connectivity index (χ1n) is 5.28. The summed E-state index contributed by atoms with van der Waals surface area (Å²) in [4.78, 5) is 25.9. The van der Waals surface area contributed by atoms with E-state index in [1.165, 1.54) is 25.6 Å². The van der Waals surface area contributed by atoms with E-state index in [1.807, 2.05) is 0 Å². The van der Waals surface area contributed by atoms with Gasteiger partial charge in [-0.15, -0.1) is 0 Å². The maximum absolute atomic E-state index is 11.7.